The first-order chi connectivity index (χ1) is 39.6. The lowest BCUT2D eigenvalue weighted by Gasteiger charge is -2.46. The Morgan fingerprint density at radius 2 is 0.864 bits per heavy atom. The molecule has 9 N–H and O–H groups in total. The van der Waals surface area contributed by atoms with Crippen LogP contribution < -0.4 is 5.32 Å². The molecule has 1 amide bonds. The first-order valence-corrected chi connectivity index (χ1v) is 30.6. The van der Waals surface area contributed by atoms with Gasteiger partial charge in [-0.25, -0.2) is 0 Å². The second-order valence-electron chi connectivity index (χ2n) is 20.7. The molecule has 0 spiro atoms. The lowest BCUT2D eigenvalue weighted by atomic mass is 9.97. The van der Waals surface area contributed by atoms with E-state index in [1.54, 1.807) is 6.08 Å². The molecule has 2 fully saturated rings. The summed E-state index contributed by atoms with van der Waals surface area (Å²) in [7, 11) is 0. The number of rotatable bonds is 46. The molecule has 12 atom stereocenters. The Hall–Kier alpha value is -4.13. The zero-order chi connectivity index (χ0) is 58.8. The number of allylic oxidation sites excluding steroid dienone is 23. The fourth-order valence-corrected chi connectivity index (χ4v) is 8.84. The standard InChI is InChI=1S/C67H107NO13/c1-3-5-7-9-11-13-15-17-19-20-21-22-23-24-25-26-27-28-29-30-31-32-33-34-35-36-37-39-41-43-45-47-49-51-59(72)68-55(56(71)50-48-46-44-42-40-38-18-16-14-12-10-8-6-4-2)54-78-66-64(77)62(75)65(58(53-70)80-66)81-67-63(76)61(74)60(73)57(52-69)79-67/h5,7,11,13-14,16-17,19,21-22,24-25,27-28,30-31,33-34,36-37,40,42,48,50,55-58,60-67,69-71,73-77H,3-4,6,8-10,12,15,18,20,23,26,29,32,35,38-39,41,43-47,49,51-54H2,1-2H3,(H,68,72)/b7-5-,13-11-,16-14+,19-17-,22-21-,25-24-,28-27-,31-30-,34-33-,37-36-,42-40+,50-48+. The van der Waals surface area contributed by atoms with Crippen LogP contribution in [0.4, 0.5) is 0 Å². The zero-order valence-corrected chi connectivity index (χ0v) is 49.2. The average Bonchev–Trinajstić information content (AvgIpc) is 3.47. The molecule has 0 aromatic heterocycles. The minimum atomic E-state index is -1.80. The van der Waals surface area contributed by atoms with Crippen molar-refractivity contribution in [3.63, 3.8) is 0 Å². The van der Waals surface area contributed by atoms with E-state index in [0.29, 0.717) is 12.8 Å². The summed E-state index contributed by atoms with van der Waals surface area (Å²) in [5.74, 6) is -0.281. The van der Waals surface area contributed by atoms with E-state index in [1.807, 2.05) is 6.08 Å². The number of aliphatic hydroxyl groups is 8. The predicted octanol–water partition coefficient (Wildman–Crippen LogP) is 10.9. The van der Waals surface area contributed by atoms with Gasteiger partial charge in [-0.3, -0.25) is 4.79 Å². The number of hydrogen-bond donors (Lipinski definition) is 9. The van der Waals surface area contributed by atoms with E-state index in [-0.39, 0.29) is 18.9 Å². The van der Waals surface area contributed by atoms with Crippen LogP contribution in [0.25, 0.3) is 0 Å². The maximum Gasteiger partial charge on any atom is 0.220 e. The molecule has 0 bridgehead atoms. The molecule has 0 radical (unpaired) electrons. The van der Waals surface area contributed by atoms with Gasteiger partial charge in [0.25, 0.3) is 0 Å². The summed E-state index contributed by atoms with van der Waals surface area (Å²) in [4.78, 5) is 13.2. The Morgan fingerprint density at radius 1 is 0.457 bits per heavy atom. The normalized spacial score (nSPS) is 25.2. The number of ether oxygens (including phenoxy) is 4. The van der Waals surface area contributed by atoms with Gasteiger partial charge >= 0.3 is 0 Å². The van der Waals surface area contributed by atoms with Crippen LogP contribution in [0.1, 0.15) is 174 Å². The van der Waals surface area contributed by atoms with Crippen molar-refractivity contribution in [1.82, 2.24) is 5.32 Å². The van der Waals surface area contributed by atoms with Crippen LogP contribution in [0.2, 0.25) is 0 Å². The minimum absolute atomic E-state index is 0.237. The third-order valence-corrected chi connectivity index (χ3v) is 13.7. The molecule has 2 saturated heterocycles. The molecule has 12 unspecified atom stereocenters. The Bertz CT molecular complexity index is 1910. The van der Waals surface area contributed by atoms with Gasteiger partial charge in [-0.2, -0.15) is 0 Å². The number of unbranched alkanes of at least 4 members (excludes halogenated alkanes) is 11. The molecule has 0 aromatic carbocycles. The van der Waals surface area contributed by atoms with Crippen LogP contribution in [0, 0.1) is 0 Å². The van der Waals surface area contributed by atoms with Gasteiger partial charge in [-0.05, 0) is 116 Å². The Kier molecular flexibility index (Phi) is 45.4. The van der Waals surface area contributed by atoms with E-state index in [0.717, 1.165) is 116 Å². The molecular formula is C67H107NO13. The van der Waals surface area contributed by atoms with E-state index in [4.69, 9.17) is 18.9 Å². The Labute approximate surface area is 487 Å². The average molecular weight is 1130 g/mol. The Balaban J connectivity index is 1.73. The minimum Gasteiger partial charge on any atom is -0.394 e. The maximum atomic E-state index is 13.2. The second-order valence-corrected chi connectivity index (χ2v) is 20.7. The summed E-state index contributed by atoms with van der Waals surface area (Å²) >= 11 is 0. The van der Waals surface area contributed by atoms with Crippen molar-refractivity contribution in [3.05, 3.63) is 146 Å². The number of hydrogen-bond acceptors (Lipinski definition) is 13. The smallest absolute Gasteiger partial charge is 0.220 e. The SMILES string of the molecule is CC/C=C\C/C=C\C/C=C\C/C=C\C/C=C\C/C=C\C/C=C\C/C=C\C/C=C\CCCCCCCC(=O)NC(COC1OC(CO)C(OC2OC(CO)C(O)C(O)C2O)C(O)C1O)C(O)/C=C/CC/C=C/CC/C=C/CCCCCC. The van der Waals surface area contributed by atoms with Crippen LogP contribution in [-0.2, 0) is 23.7 Å². The first-order valence-electron chi connectivity index (χ1n) is 30.6. The number of aliphatic hydroxyl groups excluding tert-OH is 8. The summed E-state index contributed by atoms with van der Waals surface area (Å²) in [5.41, 5.74) is 0. The van der Waals surface area contributed by atoms with Crippen molar-refractivity contribution in [2.75, 3.05) is 19.8 Å². The highest BCUT2D eigenvalue weighted by Crippen LogP contribution is 2.30. The van der Waals surface area contributed by atoms with Gasteiger partial charge in [0.05, 0.1) is 32.0 Å². The quantitative estimate of drug-likeness (QED) is 0.0204. The molecule has 2 heterocycles. The lowest BCUT2D eigenvalue weighted by molar-refractivity contribution is -0.359. The summed E-state index contributed by atoms with van der Waals surface area (Å²) in [6.45, 7) is 2.59. The van der Waals surface area contributed by atoms with Crippen LogP contribution in [0.15, 0.2) is 146 Å². The monoisotopic (exact) mass is 1130 g/mol. The summed E-state index contributed by atoms with van der Waals surface area (Å²) in [6.07, 6.45) is 58.9. The van der Waals surface area contributed by atoms with Crippen molar-refractivity contribution in [1.29, 1.82) is 0 Å². The molecule has 458 valence electrons. The van der Waals surface area contributed by atoms with Crippen molar-refractivity contribution in [2.24, 2.45) is 0 Å². The van der Waals surface area contributed by atoms with Crippen molar-refractivity contribution in [2.45, 2.75) is 248 Å². The second kappa shape index (κ2) is 50.4. The fourth-order valence-electron chi connectivity index (χ4n) is 8.84. The number of amides is 1. The first kappa shape index (κ1) is 73.0. The molecule has 0 aliphatic carbocycles. The van der Waals surface area contributed by atoms with Crippen molar-refractivity contribution in [3.8, 4) is 0 Å². The van der Waals surface area contributed by atoms with Crippen LogP contribution in [0.3, 0.4) is 0 Å². The van der Waals surface area contributed by atoms with E-state index >= 15 is 0 Å². The van der Waals surface area contributed by atoms with Gasteiger partial charge in [0.2, 0.25) is 5.91 Å². The number of nitrogens with one attached hydrogen (secondary N) is 1. The molecule has 2 rings (SSSR count). The van der Waals surface area contributed by atoms with E-state index in [2.05, 4.69) is 153 Å². The summed E-state index contributed by atoms with van der Waals surface area (Å²) in [6, 6.07) is -0.959. The third-order valence-electron chi connectivity index (χ3n) is 13.7. The lowest BCUT2D eigenvalue weighted by Crippen LogP contribution is -2.65. The molecule has 81 heavy (non-hydrogen) atoms. The van der Waals surface area contributed by atoms with Gasteiger partial charge in [-0.15, -0.1) is 0 Å². The fraction of sp³-hybridized carbons (Fsp3) is 0.627. The number of carbonyl (C=O) groups excluding carboxylic acids is 1. The predicted molar refractivity (Wildman–Crippen MR) is 327 cm³/mol. The van der Waals surface area contributed by atoms with E-state index < -0.39 is 86.8 Å². The molecule has 0 aromatic rings. The molecule has 14 nitrogen and oxygen atoms in total. The van der Waals surface area contributed by atoms with Gasteiger partial charge in [-0.1, -0.05) is 198 Å². The van der Waals surface area contributed by atoms with Crippen LogP contribution in [-0.4, -0.2) is 140 Å². The number of carbonyl (C=O) groups is 1. The van der Waals surface area contributed by atoms with Crippen LogP contribution >= 0.6 is 0 Å². The van der Waals surface area contributed by atoms with Crippen LogP contribution in [0.5, 0.6) is 0 Å². The Morgan fingerprint density at radius 3 is 1.36 bits per heavy atom. The third kappa shape index (κ3) is 35.6. The molecular weight excluding hydrogens is 1030 g/mol. The largest absolute Gasteiger partial charge is 0.394 e. The highest BCUT2D eigenvalue weighted by Gasteiger charge is 2.51. The van der Waals surface area contributed by atoms with Gasteiger partial charge in [0, 0.05) is 6.42 Å². The van der Waals surface area contributed by atoms with Gasteiger partial charge < -0.3 is 65.1 Å². The molecule has 14 heteroatoms. The molecule has 0 saturated carbocycles. The maximum absolute atomic E-state index is 13.2. The summed E-state index contributed by atoms with van der Waals surface area (Å²) in [5, 5.41) is 87.0. The van der Waals surface area contributed by atoms with Crippen molar-refractivity contribution >= 4 is 5.91 Å². The molecule has 2 aliphatic rings. The summed E-state index contributed by atoms with van der Waals surface area (Å²) < 4.78 is 22.7. The molecule has 2 aliphatic heterocycles. The highest BCUT2D eigenvalue weighted by molar-refractivity contribution is 5.76. The topological polar surface area (TPSA) is 228 Å². The van der Waals surface area contributed by atoms with Gasteiger partial charge in [0.15, 0.2) is 12.6 Å². The zero-order valence-electron chi connectivity index (χ0n) is 49.2. The van der Waals surface area contributed by atoms with E-state index in [1.165, 1.54) is 25.7 Å². The van der Waals surface area contributed by atoms with E-state index in [9.17, 15) is 45.6 Å². The highest BCUT2D eigenvalue weighted by atomic mass is 16.7. The van der Waals surface area contributed by atoms with Crippen molar-refractivity contribution < 1.29 is 64.6 Å². The van der Waals surface area contributed by atoms with Gasteiger partial charge in [0.1, 0.15) is 48.8 Å².